The van der Waals surface area contributed by atoms with Gasteiger partial charge in [0.25, 0.3) is 11.1 Å². The summed E-state index contributed by atoms with van der Waals surface area (Å²) >= 11 is 2.66. The molecule has 2 rings (SSSR count). The van der Waals surface area contributed by atoms with E-state index in [1.54, 1.807) is 11.3 Å². The number of rotatable bonds is 3. The van der Waals surface area contributed by atoms with Crippen LogP contribution in [-0.2, 0) is 4.79 Å². The van der Waals surface area contributed by atoms with Gasteiger partial charge in [0.05, 0.1) is 4.91 Å². The van der Waals surface area contributed by atoms with Gasteiger partial charge in [-0.1, -0.05) is 6.92 Å². The lowest BCUT2D eigenvalue weighted by Gasteiger charge is -2.19. The van der Waals surface area contributed by atoms with E-state index >= 15 is 0 Å². The molecule has 0 bridgehead atoms. The van der Waals surface area contributed by atoms with Crippen molar-refractivity contribution >= 4 is 40.3 Å². The molecule has 0 unspecified atom stereocenters. The summed E-state index contributed by atoms with van der Waals surface area (Å²) < 4.78 is 0. The minimum atomic E-state index is -0.162. The van der Waals surface area contributed by atoms with Crippen molar-refractivity contribution in [2.24, 2.45) is 0 Å². The van der Waals surface area contributed by atoms with Crippen LogP contribution in [0.3, 0.4) is 0 Å². The summed E-state index contributed by atoms with van der Waals surface area (Å²) in [6.45, 7) is 5.89. The number of amides is 2. The second kappa shape index (κ2) is 5.28. The fourth-order valence-electron chi connectivity index (χ4n) is 1.70. The van der Waals surface area contributed by atoms with Crippen LogP contribution in [0, 0.1) is 6.92 Å². The highest BCUT2D eigenvalue weighted by atomic mass is 32.2. The average Bonchev–Trinajstić information content (AvgIpc) is 2.84. The van der Waals surface area contributed by atoms with E-state index in [-0.39, 0.29) is 17.2 Å². The first-order valence-corrected chi connectivity index (χ1v) is 7.49. The zero-order valence-corrected chi connectivity index (χ0v) is 12.2. The Morgan fingerprint density at radius 2 is 2.11 bits per heavy atom. The van der Waals surface area contributed by atoms with Crippen molar-refractivity contribution < 1.29 is 9.59 Å². The van der Waals surface area contributed by atoms with E-state index in [1.807, 2.05) is 39.0 Å². The van der Waals surface area contributed by atoms with Crippen molar-refractivity contribution in [3.8, 4) is 0 Å². The number of thioether (sulfide) groups is 1. The standard InChI is InChI=1S/C13H15NO2S2/c1-4-8(2)14-12(15)11(18-13(14)16)7-10-6-5-9(3)17-10/h5-8H,4H2,1-3H3/b11-7+/t8-/m1/s1. The molecule has 5 heteroatoms. The number of carbonyl (C=O) groups excluding carboxylic acids is 2. The molecule has 1 atom stereocenters. The van der Waals surface area contributed by atoms with Crippen LogP contribution >= 0.6 is 23.1 Å². The van der Waals surface area contributed by atoms with Gasteiger partial charge >= 0.3 is 0 Å². The smallest absolute Gasteiger partial charge is 0.268 e. The second-order valence-electron chi connectivity index (χ2n) is 4.26. The highest BCUT2D eigenvalue weighted by molar-refractivity contribution is 8.18. The van der Waals surface area contributed by atoms with Crippen LogP contribution in [0.4, 0.5) is 4.79 Å². The zero-order valence-electron chi connectivity index (χ0n) is 10.6. The minimum absolute atomic E-state index is 0.0338. The fraction of sp³-hybridized carbons (Fsp3) is 0.385. The molecule has 1 aromatic rings. The number of imide groups is 1. The van der Waals surface area contributed by atoms with Crippen molar-refractivity contribution in [1.82, 2.24) is 4.90 Å². The van der Waals surface area contributed by atoms with Crippen molar-refractivity contribution in [3.63, 3.8) is 0 Å². The fourth-order valence-corrected chi connectivity index (χ4v) is 3.52. The second-order valence-corrected chi connectivity index (χ2v) is 6.57. The third-order valence-corrected chi connectivity index (χ3v) is 4.72. The number of nitrogens with zero attached hydrogens (tertiary/aromatic N) is 1. The van der Waals surface area contributed by atoms with Crippen molar-refractivity contribution in [2.75, 3.05) is 0 Å². The third-order valence-electron chi connectivity index (χ3n) is 2.89. The quantitative estimate of drug-likeness (QED) is 0.789. The van der Waals surface area contributed by atoms with E-state index in [4.69, 9.17) is 0 Å². The van der Waals surface area contributed by atoms with Crippen LogP contribution in [0.1, 0.15) is 30.0 Å². The molecule has 1 saturated heterocycles. The predicted molar refractivity (Wildman–Crippen MR) is 76.6 cm³/mol. The van der Waals surface area contributed by atoms with Gasteiger partial charge < -0.3 is 0 Å². The van der Waals surface area contributed by atoms with E-state index in [0.717, 1.165) is 23.1 Å². The van der Waals surface area contributed by atoms with Gasteiger partial charge in [-0.2, -0.15) is 0 Å². The Hall–Kier alpha value is -1.07. The van der Waals surface area contributed by atoms with E-state index in [1.165, 1.54) is 9.78 Å². The molecule has 2 heterocycles. The summed E-state index contributed by atoms with van der Waals surface area (Å²) in [5, 5.41) is -0.158. The van der Waals surface area contributed by atoms with Crippen LogP contribution in [-0.4, -0.2) is 22.1 Å². The van der Waals surface area contributed by atoms with Gasteiger partial charge in [-0.15, -0.1) is 11.3 Å². The summed E-state index contributed by atoms with van der Waals surface area (Å²) in [5.74, 6) is -0.162. The largest absolute Gasteiger partial charge is 0.293 e. The lowest BCUT2D eigenvalue weighted by molar-refractivity contribution is -0.124. The van der Waals surface area contributed by atoms with Gasteiger partial charge in [0.15, 0.2) is 0 Å². The summed E-state index contributed by atoms with van der Waals surface area (Å²) in [7, 11) is 0. The first-order valence-electron chi connectivity index (χ1n) is 5.86. The number of aryl methyl sites for hydroxylation is 1. The summed E-state index contributed by atoms with van der Waals surface area (Å²) in [6.07, 6.45) is 2.59. The highest BCUT2D eigenvalue weighted by Crippen LogP contribution is 2.34. The van der Waals surface area contributed by atoms with Gasteiger partial charge in [-0.05, 0) is 50.2 Å². The first kappa shape index (κ1) is 13.4. The maximum atomic E-state index is 12.1. The van der Waals surface area contributed by atoms with Crippen molar-refractivity contribution in [3.05, 3.63) is 26.8 Å². The molecule has 0 aromatic carbocycles. The van der Waals surface area contributed by atoms with E-state index in [2.05, 4.69) is 0 Å². The Morgan fingerprint density at radius 1 is 1.39 bits per heavy atom. The average molecular weight is 281 g/mol. The zero-order chi connectivity index (χ0) is 13.3. The minimum Gasteiger partial charge on any atom is -0.268 e. The van der Waals surface area contributed by atoms with Crippen molar-refractivity contribution in [1.29, 1.82) is 0 Å². The molecule has 1 aromatic heterocycles. The summed E-state index contributed by atoms with van der Waals surface area (Å²) in [4.78, 5) is 28.1. The third kappa shape index (κ3) is 2.52. The normalized spacial score (nSPS) is 19.9. The molecular weight excluding hydrogens is 266 g/mol. The van der Waals surface area contributed by atoms with E-state index < -0.39 is 0 Å². The molecule has 1 aliphatic heterocycles. The lowest BCUT2D eigenvalue weighted by atomic mass is 10.2. The van der Waals surface area contributed by atoms with Crippen LogP contribution < -0.4 is 0 Å². The highest BCUT2D eigenvalue weighted by Gasteiger charge is 2.37. The number of carbonyl (C=O) groups is 2. The molecule has 2 amide bonds. The van der Waals surface area contributed by atoms with Crippen LogP contribution in [0.25, 0.3) is 6.08 Å². The van der Waals surface area contributed by atoms with E-state index in [0.29, 0.717) is 4.91 Å². The molecule has 0 radical (unpaired) electrons. The molecule has 3 nitrogen and oxygen atoms in total. The molecule has 0 spiro atoms. The van der Waals surface area contributed by atoms with Gasteiger partial charge in [0.1, 0.15) is 0 Å². The molecule has 0 N–H and O–H groups in total. The summed E-state index contributed by atoms with van der Waals surface area (Å²) in [5.41, 5.74) is 0. The SMILES string of the molecule is CC[C@@H](C)N1C(=O)S/C(=C/c2ccc(C)s2)C1=O. The van der Waals surface area contributed by atoms with Crippen molar-refractivity contribution in [2.45, 2.75) is 33.2 Å². The number of hydrogen-bond donors (Lipinski definition) is 0. The van der Waals surface area contributed by atoms with Gasteiger partial charge in [0, 0.05) is 15.8 Å². The Kier molecular flexibility index (Phi) is 3.92. The lowest BCUT2D eigenvalue weighted by Crippen LogP contribution is -2.36. The van der Waals surface area contributed by atoms with Gasteiger partial charge in [-0.3, -0.25) is 14.5 Å². The van der Waals surface area contributed by atoms with Crippen LogP contribution in [0.2, 0.25) is 0 Å². The number of hydrogen-bond acceptors (Lipinski definition) is 4. The Morgan fingerprint density at radius 3 is 2.67 bits per heavy atom. The molecular formula is C13H15NO2S2. The monoisotopic (exact) mass is 281 g/mol. The van der Waals surface area contributed by atoms with Gasteiger partial charge in [0.2, 0.25) is 0 Å². The number of thiophene rings is 1. The van der Waals surface area contributed by atoms with Crippen LogP contribution in [0.5, 0.6) is 0 Å². The molecule has 0 aliphatic carbocycles. The topological polar surface area (TPSA) is 37.4 Å². The Labute approximate surface area is 115 Å². The summed E-state index contributed by atoms with van der Waals surface area (Å²) in [6, 6.07) is 3.94. The van der Waals surface area contributed by atoms with Crippen LogP contribution in [0.15, 0.2) is 17.0 Å². The maximum absolute atomic E-state index is 12.1. The molecule has 1 fully saturated rings. The van der Waals surface area contributed by atoms with Gasteiger partial charge in [-0.25, -0.2) is 0 Å². The maximum Gasteiger partial charge on any atom is 0.293 e. The molecule has 96 valence electrons. The molecule has 0 saturated carbocycles. The Bertz CT molecular complexity index is 519. The van der Waals surface area contributed by atoms with E-state index in [9.17, 15) is 9.59 Å². The Balaban J connectivity index is 2.25. The predicted octanol–water partition coefficient (Wildman–Crippen LogP) is 3.89. The first-order chi connectivity index (χ1) is 8.52. The molecule has 1 aliphatic rings. The molecule has 18 heavy (non-hydrogen) atoms.